The van der Waals surface area contributed by atoms with Crippen LogP contribution in [0.15, 0.2) is 83.8 Å². The fourth-order valence-corrected chi connectivity index (χ4v) is 6.67. The number of halogens is 1. The zero-order valence-electron chi connectivity index (χ0n) is 23.3. The number of anilines is 1. The molecule has 1 saturated carbocycles. The lowest BCUT2D eigenvalue weighted by Crippen LogP contribution is -2.53. The highest BCUT2D eigenvalue weighted by Crippen LogP contribution is 2.32. The average Bonchev–Trinajstić information content (AvgIpc) is 2.99. The number of hydrogen-bond acceptors (Lipinski definition) is 5. The van der Waals surface area contributed by atoms with E-state index >= 15 is 0 Å². The quantitative estimate of drug-likeness (QED) is 0.319. The minimum absolute atomic E-state index is 0.0254. The van der Waals surface area contributed by atoms with Crippen molar-refractivity contribution in [1.82, 2.24) is 10.2 Å². The van der Waals surface area contributed by atoms with Crippen molar-refractivity contribution < 1.29 is 22.7 Å². The van der Waals surface area contributed by atoms with Crippen LogP contribution in [0.1, 0.15) is 44.6 Å². The monoisotopic (exact) mass is 597 g/mol. The number of sulfonamides is 1. The largest absolute Gasteiger partial charge is 0.495 e. The molecule has 3 aromatic carbocycles. The van der Waals surface area contributed by atoms with Crippen molar-refractivity contribution >= 4 is 39.1 Å². The minimum Gasteiger partial charge on any atom is -0.495 e. The molecule has 4 rings (SSSR count). The Bertz CT molecular complexity index is 1430. The molecule has 0 radical (unpaired) electrons. The van der Waals surface area contributed by atoms with E-state index in [1.54, 1.807) is 37.3 Å². The lowest BCUT2D eigenvalue weighted by Gasteiger charge is -2.33. The number of amides is 2. The smallest absolute Gasteiger partial charge is 0.264 e. The van der Waals surface area contributed by atoms with E-state index in [1.807, 2.05) is 30.3 Å². The van der Waals surface area contributed by atoms with Crippen molar-refractivity contribution in [3.05, 3.63) is 89.4 Å². The Morgan fingerprint density at radius 1 is 0.976 bits per heavy atom. The molecule has 8 nitrogen and oxygen atoms in total. The van der Waals surface area contributed by atoms with Crippen LogP contribution in [0.5, 0.6) is 5.75 Å². The van der Waals surface area contributed by atoms with Gasteiger partial charge in [-0.1, -0.05) is 79.4 Å². The van der Waals surface area contributed by atoms with Gasteiger partial charge in [0.05, 0.1) is 22.7 Å². The normalized spacial score (nSPS) is 14.6. The summed E-state index contributed by atoms with van der Waals surface area (Å²) in [5, 5.41) is 3.31. The fraction of sp³-hybridized carbons (Fsp3) is 0.355. The molecule has 3 aromatic rings. The second kappa shape index (κ2) is 13.9. The number of carbonyl (C=O) groups is 2. The molecule has 0 saturated heterocycles. The number of methoxy groups -OCH3 is 1. The summed E-state index contributed by atoms with van der Waals surface area (Å²) < 4.78 is 34.0. The molecule has 1 fully saturated rings. The molecule has 0 aromatic heterocycles. The Morgan fingerprint density at radius 3 is 2.22 bits per heavy atom. The third-order valence-electron chi connectivity index (χ3n) is 7.35. The molecule has 1 atom stereocenters. The van der Waals surface area contributed by atoms with Crippen LogP contribution in [0.2, 0.25) is 5.02 Å². The first-order chi connectivity index (χ1) is 19.7. The van der Waals surface area contributed by atoms with Gasteiger partial charge in [-0.25, -0.2) is 8.42 Å². The van der Waals surface area contributed by atoms with Crippen LogP contribution in [0.25, 0.3) is 0 Å². The summed E-state index contributed by atoms with van der Waals surface area (Å²) >= 11 is 6.37. The van der Waals surface area contributed by atoms with E-state index in [2.05, 4.69) is 5.32 Å². The second-order valence-corrected chi connectivity index (χ2v) is 12.4. The molecule has 1 aliphatic rings. The molecule has 218 valence electrons. The van der Waals surface area contributed by atoms with Crippen molar-refractivity contribution in [2.45, 2.75) is 62.6 Å². The van der Waals surface area contributed by atoms with E-state index in [-0.39, 0.29) is 34.1 Å². The Hall–Kier alpha value is -3.56. The topological polar surface area (TPSA) is 96.0 Å². The van der Waals surface area contributed by atoms with Crippen molar-refractivity contribution in [3.8, 4) is 5.75 Å². The first kappa shape index (κ1) is 30.4. The van der Waals surface area contributed by atoms with Crippen molar-refractivity contribution in [1.29, 1.82) is 0 Å². The summed E-state index contributed by atoms with van der Waals surface area (Å²) in [7, 11) is -2.71. The fourth-order valence-electron chi connectivity index (χ4n) is 4.99. The maximum Gasteiger partial charge on any atom is 0.264 e. The predicted molar refractivity (Wildman–Crippen MR) is 160 cm³/mol. The highest BCUT2D eigenvalue weighted by molar-refractivity contribution is 7.92. The third kappa shape index (κ3) is 7.59. The van der Waals surface area contributed by atoms with Crippen LogP contribution in [0.4, 0.5) is 5.69 Å². The Labute approximate surface area is 247 Å². The molecule has 0 aliphatic heterocycles. The van der Waals surface area contributed by atoms with Gasteiger partial charge < -0.3 is 15.0 Å². The van der Waals surface area contributed by atoms with Crippen molar-refractivity contribution in [3.63, 3.8) is 0 Å². The summed E-state index contributed by atoms with van der Waals surface area (Å²) in [6, 6.07) is 21.0. The molecular weight excluding hydrogens is 562 g/mol. The minimum atomic E-state index is -4.17. The predicted octanol–water partition coefficient (Wildman–Crippen LogP) is 5.41. The number of ether oxygens (including phenoxy) is 1. The van der Waals surface area contributed by atoms with Crippen LogP contribution in [-0.4, -0.2) is 50.9 Å². The van der Waals surface area contributed by atoms with Gasteiger partial charge in [-0.05, 0) is 55.7 Å². The molecule has 0 bridgehead atoms. The molecule has 1 N–H and O–H groups in total. The zero-order valence-corrected chi connectivity index (χ0v) is 24.9. The highest BCUT2D eigenvalue weighted by atomic mass is 35.5. The number of carbonyl (C=O) groups excluding carboxylic acids is 2. The Balaban J connectivity index is 1.68. The van der Waals surface area contributed by atoms with Gasteiger partial charge in [0.15, 0.2) is 0 Å². The van der Waals surface area contributed by atoms with E-state index in [0.29, 0.717) is 5.75 Å². The number of rotatable bonds is 11. The summed E-state index contributed by atoms with van der Waals surface area (Å²) in [6.07, 6.45) is 5.09. The molecular formula is C31H36ClN3O5S. The SMILES string of the molecule is COc1ccc(N(CC(=O)N(Cc2ccccc2)[C@H](C)C(=O)NC2CCCCC2)S(=O)(=O)c2ccccc2)cc1Cl. The first-order valence-electron chi connectivity index (χ1n) is 13.8. The molecule has 0 spiro atoms. The van der Waals surface area contributed by atoms with E-state index in [0.717, 1.165) is 42.0 Å². The van der Waals surface area contributed by atoms with Gasteiger partial charge in [-0.15, -0.1) is 0 Å². The summed E-state index contributed by atoms with van der Waals surface area (Å²) in [5.41, 5.74) is 1.02. The van der Waals surface area contributed by atoms with E-state index in [4.69, 9.17) is 16.3 Å². The van der Waals surface area contributed by atoms with Crippen LogP contribution in [-0.2, 0) is 26.2 Å². The lowest BCUT2D eigenvalue weighted by atomic mass is 9.95. The van der Waals surface area contributed by atoms with Crippen LogP contribution < -0.4 is 14.4 Å². The summed E-state index contributed by atoms with van der Waals surface area (Å²) in [4.78, 5) is 28.9. The van der Waals surface area contributed by atoms with Gasteiger partial charge in [-0.3, -0.25) is 13.9 Å². The van der Waals surface area contributed by atoms with Crippen LogP contribution in [0, 0.1) is 0 Å². The number of benzene rings is 3. The maximum atomic E-state index is 14.0. The van der Waals surface area contributed by atoms with Crippen LogP contribution in [0.3, 0.4) is 0 Å². The molecule has 2 amide bonds. The third-order valence-corrected chi connectivity index (χ3v) is 9.43. The van der Waals surface area contributed by atoms with E-state index in [1.165, 1.54) is 30.2 Å². The van der Waals surface area contributed by atoms with Crippen LogP contribution >= 0.6 is 11.6 Å². The highest BCUT2D eigenvalue weighted by Gasteiger charge is 2.33. The molecule has 1 aliphatic carbocycles. The van der Waals surface area contributed by atoms with Gasteiger partial charge in [0.1, 0.15) is 18.3 Å². The molecule has 10 heteroatoms. The number of nitrogens with one attached hydrogen (secondary N) is 1. The van der Waals surface area contributed by atoms with Gasteiger partial charge >= 0.3 is 0 Å². The number of hydrogen-bond donors (Lipinski definition) is 1. The molecule has 0 heterocycles. The first-order valence-corrected chi connectivity index (χ1v) is 15.6. The van der Waals surface area contributed by atoms with Gasteiger partial charge in [-0.2, -0.15) is 0 Å². The zero-order chi connectivity index (χ0) is 29.4. The van der Waals surface area contributed by atoms with E-state index in [9.17, 15) is 18.0 Å². The standard InChI is InChI=1S/C31H36ClN3O5S/c1-23(31(37)33-25-14-8-4-9-15-25)34(21-24-12-6-3-7-13-24)30(36)22-35(26-18-19-29(40-2)28(32)20-26)41(38,39)27-16-10-5-11-17-27/h3,5-7,10-13,16-20,23,25H,4,8-9,14-15,21-22H2,1-2H3,(H,33,37)/t23-/m1/s1. The van der Waals surface area contributed by atoms with Gasteiger partial charge in [0, 0.05) is 12.6 Å². The number of nitrogens with zero attached hydrogens (tertiary/aromatic N) is 2. The van der Waals surface area contributed by atoms with Gasteiger partial charge in [0.2, 0.25) is 11.8 Å². The summed E-state index contributed by atoms with van der Waals surface area (Å²) in [5.74, 6) is -0.407. The average molecular weight is 598 g/mol. The van der Waals surface area contributed by atoms with E-state index < -0.39 is 28.5 Å². The van der Waals surface area contributed by atoms with Gasteiger partial charge in [0.25, 0.3) is 10.0 Å². The Kier molecular flexibility index (Phi) is 10.3. The molecule has 41 heavy (non-hydrogen) atoms. The maximum absolute atomic E-state index is 14.0. The lowest BCUT2D eigenvalue weighted by molar-refractivity contribution is -0.139. The molecule has 0 unspecified atom stereocenters. The Morgan fingerprint density at radius 2 is 1.61 bits per heavy atom. The summed E-state index contributed by atoms with van der Waals surface area (Å²) in [6.45, 7) is 1.29. The van der Waals surface area contributed by atoms with Crippen molar-refractivity contribution in [2.75, 3.05) is 18.0 Å². The van der Waals surface area contributed by atoms with Crippen molar-refractivity contribution in [2.24, 2.45) is 0 Å². The second-order valence-electron chi connectivity index (χ2n) is 10.2.